The van der Waals surface area contributed by atoms with Gasteiger partial charge in [0.2, 0.25) is 0 Å². The minimum atomic E-state index is -0.217. The summed E-state index contributed by atoms with van der Waals surface area (Å²) in [5.41, 5.74) is 0.574. The molecular formula is C11H6BrCl2NOS. The molecule has 0 unspecified atom stereocenters. The number of hydrogen-bond acceptors (Lipinski definition) is 2. The highest BCUT2D eigenvalue weighted by Crippen LogP contribution is 2.27. The first-order valence-corrected chi connectivity index (χ1v) is 6.94. The van der Waals surface area contributed by atoms with E-state index in [0.29, 0.717) is 19.9 Å². The van der Waals surface area contributed by atoms with Crippen LogP contribution in [0.4, 0.5) is 5.69 Å². The third-order valence-electron chi connectivity index (χ3n) is 1.98. The molecule has 2 nitrogen and oxygen atoms in total. The number of thiophene rings is 1. The van der Waals surface area contributed by atoms with E-state index >= 15 is 0 Å². The number of benzene rings is 1. The van der Waals surface area contributed by atoms with Crippen molar-refractivity contribution in [1.29, 1.82) is 0 Å². The van der Waals surface area contributed by atoms with Crippen LogP contribution in [0.5, 0.6) is 0 Å². The van der Waals surface area contributed by atoms with E-state index in [9.17, 15) is 4.79 Å². The lowest BCUT2D eigenvalue weighted by molar-refractivity contribution is 0.103. The Kier molecular flexibility index (Phi) is 4.09. The summed E-state index contributed by atoms with van der Waals surface area (Å²) in [6, 6.07) is 8.63. The molecule has 0 bridgehead atoms. The second-order valence-corrected chi connectivity index (χ2v) is 6.22. The number of anilines is 1. The summed E-state index contributed by atoms with van der Waals surface area (Å²) in [7, 11) is 0. The largest absolute Gasteiger partial charge is 0.320 e. The summed E-state index contributed by atoms with van der Waals surface area (Å²) in [5.74, 6) is -0.217. The predicted octanol–water partition coefficient (Wildman–Crippen LogP) is 5.07. The second kappa shape index (κ2) is 5.40. The molecule has 0 radical (unpaired) electrons. The van der Waals surface area contributed by atoms with Crippen LogP contribution in [0.3, 0.4) is 0 Å². The minimum Gasteiger partial charge on any atom is -0.320 e. The summed E-state index contributed by atoms with van der Waals surface area (Å²) in [6.07, 6.45) is 0. The quantitative estimate of drug-likeness (QED) is 0.804. The molecule has 0 saturated heterocycles. The van der Waals surface area contributed by atoms with Gasteiger partial charge in [-0.25, -0.2) is 0 Å². The third kappa shape index (κ3) is 3.22. The van der Waals surface area contributed by atoms with Crippen LogP contribution < -0.4 is 5.32 Å². The van der Waals surface area contributed by atoms with Crippen LogP contribution in [0, 0.1) is 0 Å². The Labute approximate surface area is 121 Å². The van der Waals surface area contributed by atoms with Crippen molar-refractivity contribution >= 4 is 62.1 Å². The Hall–Kier alpha value is -0.550. The van der Waals surface area contributed by atoms with Crippen molar-refractivity contribution < 1.29 is 4.79 Å². The summed E-state index contributed by atoms with van der Waals surface area (Å²) in [6.45, 7) is 0. The Morgan fingerprint density at radius 2 is 2.00 bits per heavy atom. The van der Waals surface area contributed by atoms with Crippen molar-refractivity contribution in [3.05, 3.63) is 49.0 Å². The van der Waals surface area contributed by atoms with E-state index in [1.54, 1.807) is 24.3 Å². The van der Waals surface area contributed by atoms with E-state index in [0.717, 1.165) is 4.47 Å². The summed E-state index contributed by atoms with van der Waals surface area (Å²) >= 11 is 16.3. The molecule has 0 aliphatic heterocycles. The van der Waals surface area contributed by atoms with Crippen LogP contribution in [0.2, 0.25) is 9.36 Å². The van der Waals surface area contributed by atoms with Gasteiger partial charge in [0.1, 0.15) is 0 Å². The van der Waals surface area contributed by atoms with Crippen molar-refractivity contribution in [3.8, 4) is 0 Å². The van der Waals surface area contributed by atoms with Gasteiger partial charge in [-0.1, -0.05) is 39.1 Å². The summed E-state index contributed by atoms with van der Waals surface area (Å²) < 4.78 is 1.44. The molecule has 1 aromatic heterocycles. The molecule has 1 amide bonds. The molecule has 88 valence electrons. The molecule has 17 heavy (non-hydrogen) atoms. The summed E-state index contributed by atoms with van der Waals surface area (Å²) in [5, 5.41) is 3.21. The predicted molar refractivity (Wildman–Crippen MR) is 76.4 cm³/mol. The van der Waals surface area contributed by atoms with E-state index < -0.39 is 0 Å². The fourth-order valence-electron chi connectivity index (χ4n) is 1.21. The highest BCUT2D eigenvalue weighted by molar-refractivity contribution is 9.10. The Balaban J connectivity index is 2.18. The molecule has 1 N–H and O–H groups in total. The smallest absolute Gasteiger partial charge is 0.265 e. The van der Waals surface area contributed by atoms with Crippen LogP contribution in [-0.4, -0.2) is 5.91 Å². The van der Waals surface area contributed by atoms with E-state index in [1.807, 2.05) is 6.07 Å². The topological polar surface area (TPSA) is 29.1 Å². The molecular weight excluding hydrogens is 345 g/mol. The molecule has 0 spiro atoms. The first-order chi connectivity index (χ1) is 8.06. The van der Waals surface area contributed by atoms with Gasteiger partial charge in [-0.3, -0.25) is 4.79 Å². The first kappa shape index (κ1) is 12.9. The minimum absolute atomic E-state index is 0.217. The normalized spacial score (nSPS) is 10.3. The highest BCUT2D eigenvalue weighted by atomic mass is 79.9. The number of carbonyl (C=O) groups is 1. The van der Waals surface area contributed by atoms with E-state index in [1.165, 1.54) is 11.3 Å². The van der Waals surface area contributed by atoms with E-state index in [-0.39, 0.29) is 5.91 Å². The van der Waals surface area contributed by atoms with Gasteiger partial charge in [0.05, 0.1) is 19.9 Å². The van der Waals surface area contributed by atoms with Gasteiger partial charge in [-0.15, -0.1) is 11.3 Å². The number of amides is 1. The molecule has 0 aliphatic rings. The number of halogens is 3. The van der Waals surface area contributed by atoms with Gasteiger partial charge in [0.25, 0.3) is 5.91 Å². The maximum absolute atomic E-state index is 11.8. The Morgan fingerprint density at radius 3 is 2.59 bits per heavy atom. The van der Waals surface area contributed by atoms with Crippen molar-refractivity contribution in [3.63, 3.8) is 0 Å². The Bertz CT molecular complexity index is 570. The molecule has 0 aliphatic carbocycles. The number of hydrogen-bond donors (Lipinski definition) is 1. The average Bonchev–Trinajstić information content (AvgIpc) is 2.69. The van der Waals surface area contributed by atoms with Crippen LogP contribution >= 0.6 is 50.5 Å². The SMILES string of the molecule is O=C(Nc1ccc(Br)cc1Cl)c1ccc(Cl)s1. The van der Waals surface area contributed by atoms with Crippen LogP contribution in [0.15, 0.2) is 34.8 Å². The van der Waals surface area contributed by atoms with Gasteiger partial charge in [0, 0.05) is 4.47 Å². The zero-order valence-corrected chi connectivity index (χ0v) is 12.3. The first-order valence-electron chi connectivity index (χ1n) is 4.58. The molecule has 6 heteroatoms. The molecule has 2 aromatic rings. The van der Waals surface area contributed by atoms with Gasteiger partial charge in [-0.05, 0) is 30.3 Å². The van der Waals surface area contributed by atoms with Gasteiger partial charge in [-0.2, -0.15) is 0 Å². The average molecular weight is 351 g/mol. The molecule has 1 aromatic carbocycles. The third-order valence-corrected chi connectivity index (χ3v) is 4.01. The lowest BCUT2D eigenvalue weighted by Crippen LogP contribution is -2.10. The van der Waals surface area contributed by atoms with Crippen LogP contribution in [0.1, 0.15) is 9.67 Å². The second-order valence-electron chi connectivity index (χ2n) is 3.18. The van der Waals surface area contributed by atoms with Crippen LogP contribution in [0.25, 0.3) is 0 Å². The number of rotatable bonds is 2. The zero-order chi connectivity index (χ0) is 12.4. The molecule has 0 fully saturated rings. The highest BCUT2D eigenvalue weighted by Gasteiger charge is 2.10. The molecule has 1 heterocycles. The van der Waals surface area contributed by atoms with Gasteiger partial charge < -0.3 is 5.32 Å². The fraction of sp³-hybridized carbons (Fsp3) is 0. The number of carbonyl (C=O) groups excluding carboxylic acids is 1. The Morgan fingerprint density at radius 1 is 1.24 bits per heavy atom. The zero-order valence-electron chi connectivity index (χ0n) is 8.34. The van der Waals surface area contributed by atoms with Gasteiger partial charge >= 0.3 is 0 Å². The lowest BCUT2D eigenvalue weighted by Gasteiger charge is -2.05. The standard InChI is InChI=1S/C11H6BrCl2NOS/c12-6-1-2-8(7(13)5-6)15-11(16)9-3-4-10(14)17-9/h1-5H,(H,15,16). The molecule has 0 saturated carbocycles. The lowest BCUT2D eigenvalue weighted by atomic mass is 10.3. The van der Waals surface area contributed by atoms with Crippen molar-refractivity contribution in [2.24, 2.45) is 0 Å². The van der Waals surface area contributed by atoms with E-state index in [4.69, 9.17) is 23.2 Å². The van der Waals surface area contributed by atoms with E-state index in [2.05, 4.69) is 21.2 Å². The van der Waals surface area contributed by atoms with Crippen LogP contribution in [-0.2, 0) is 0 Å². The van der Waals surface area contributed by atoms with Crippen molar-refractivity contribution in [1.82, 2.24) is 0 Å². The maximum Gasteiger partial charge on any atom is 0.265 e. The fourth-order valence-corrected chi connectivity index (χ4v) is 2.87. The van der Waals surface area contributed by atoms with Gasteiger partial charge in [0.15, 0.2) is 0 Å². The molecule has 2 rings (SSSR count). The number of nitrogens with one attached hydrogen (secondary N) is 1. The van der Waals surface area contributed by atoms with Crippen molar-refractivity contribution in [2.45, 2.75) is 0 Å². The summed E-state index contributed by atoms with van der Waals surface area (Å²) in [4.78, 5) is 12.4. The van der Waals surface area contributed by atoms with Crippen molar-refractivity contribution in [2.75, 3.05) is 5.32 Å². The maximum atomic E-state index is 11.8. The molecule has 0 atom stereocenters. The monoisotopic (exact) mass is 349 g/mol.